The predicted molar refractivity (Wildman–Crippen MR) is 94.3 cm³/mol. The molecule has 1 saturated carbocycles. The first-order chi connectivity index (χ1) is 12.5. The molecule has 1 aliphatic carbocycles. The van der Waals surface area contributed by atoms with E-state index in [0.29, 0.717) is 22.5 Å². The number of benzene rings is 1. The Kier molecular flexibility index (Phi) is 3.99. The summed E-state index contributed by atoms with van der Waals surface area (Å²) in [4.78, 5) is 16.2. The van der Waals surface area contributed by atoms with Gasteiger partial charge in [-0.15, -0.1) is 5.10 Å². The molecule has 132 valence electrons. The number of aromatic nitrogens is 4. The quantitative estimate of drug-likeness (QED) is 0.784. The van der Waals surface area contributed by atoms with Crippen LogP contribution in [-0.2, 0) is 0 Å². The van der Waals surface area contributed by atoms with Crippen LogP contribution < -0.4 is 5.32 Å². The van der Waals surface area contributed by atoms with Crippen molar-refractivity contribution in [3.05, 3.63) is 60.3 Å². The van der Waals surface area contributed by atoms with E-state index >= 15 is 0 Å². The van der Waals surface area contributed by atoms with E-state index in [-0.39, 0.29) is 11.4 Å². The molecule has 0 spiro atoms. The van der Waals surface area contributed by atoms with Gasteiger partial charge in [0, 0.05) is 22.9 Å². The Morgan fingerprint density at radius 2 is 2.15 bits per heavy atom. The molecule has 0 saturated heterocycles. The molecule has 0 unspecified atom stereocenters. The molecule has 6 nitrogen and oxygen atoms in total. The van der Waals surface area contributed by atoms with Crippen molar-refractivity contribution in [2.75, 3.05) is 0 Å². The maximum absolute atomic E-state index is 13.9. The summed E-state index contributed by atoms with van der Waals surface area (Å²) in [5.74, 6) is -0.559. The van der Waals surface area contributed by atoms with Crippen molar-refractivity contribution in [1.29, 1.82) is 0 Å². The summed E-state index contributed by atoms with van der Waals surface area (Å²) in [6, 6.07) is 8.68. The van der Waals surface area contributed by atoms with Gasteiger partial charge in [0.1, 0.15) is 5.69 Å². The zero-order valence-electron chi connectivity index (χ0n) is 14.3. The highest BCUT2D eigenvalue weighted by molar-refractivity contribution is 5.95. The molecule has 0 aliphatic heterocycles. The lowest BCUT2D eigenvalue weighted by Gasteiger charge is -2.39. The predicted octanol–water partition coefficient (Wildman–Crippen LogP) is 3.14. The van der Waals surface area contributed by atoms with Gasteiger partial charge in [-0.1, -0.05) is 11.3 Å². The van der Waals surface area contributed by atoms with Crippen molar-refractivity contribution in [2.24, 2.45) is 0 Å². The molecule has 1 fully saturated rings. The van der Waals surface area contributed by atoms with Crippen molar-refractivity contribution in [3.8, 4) is 16.9 Å². The Morgan fingerprint density at radius 3 is 2.88 bits per heavy atom. The summed E-state index contributed by atoms with van der Waals surface area (Å²) in [6.07, 6.45) is 7.42. The highest BCUT2D eigenvalue weighted by Gasteiger charge is 2.33. The van der Waals surface area contributed by atoms with Gasteiger partial charge in [-0.05, 0) is 50.5 Å². The molecule has 26 heavy (non-hydrogen) atoms. The Labute approximate surface area is 150 Å². The Bertz CT molecular complexity index is 964. The fourth-order valence-electron chi connectivity index (χ4n) is 3.06. The SMILES string of the molecule is CC1(NC(=O)c2cccc(-n3cc(-c4ccncc4F)nn3)c2)CCC1. The lowest BCUT2D eigenvalue weighted by molar-refractivity contribution is 0.0850. The first-order valence-electron chi connectivity index (χ1n) is 8.49. The molecule has 7 heteroatoms. The summed E-state index contributed by atoms with van der Waals surface area (Å²) in [5, 5.41) is 11.2. The molecule has 0 atom stereocenters. The third kappa shape index (κ3) is 3.08. The minimum atomic E-state index is -0.457. The minimum Gasteiger partial charge on any atom is -0.347 e. The third-order valence-corrected chi connectivity index (χ3v) is 4.79. The maximum atomic E-state index is 13.9. The van der Waals surface area contributed by atoms with Crippen LogP contribution in [0.3, 0.4) is 0 Å². The van der Waals surface area contributed by atoms with Gasteiger partial charge >= 0.3 is 0 Å². The fourth-order valence-corrected chi connectivity index (χ4v) is 3.06. The van der Waals surface area contributed by atoms with Crippen molar-refractivity contribution in [3.63, 3.8) is 0 Å². The van der Waals surface area contributed by atoms with Gasteiger partial charge in [-0.25, -0.2) is 9.07 Å². The van der Waals surface area contributed by atoms with E-state index in [4.69, 9.17) is 0 Å². The molecule has 1 aromatic carbocycles. The van der Waals surface area contributed by atoms with Crippen LogP contribution in [0.5, 0.6) is 0 Å². The average molecular weight is 351 g/mol. The van der Waals surface area contributed by atoms with Crippen LogP contribution in [0.25, 0.3) is 16.9 Å². The standard InChI is InChI=1S/C19H18FN5O/c1-19(7-3-8-19)22-18(26)13-4-2-5-14(10-13)25-12-17(23-24-25)15-6-9-21-11-16(15)20/h2,4-6,9-12H,3,7-8H2,1H3,(H,22,26). The van der Waals surface area contributed by atoms with Crippen molar-refractivity contribution >= 4 is 5.91 Å². The van der Waals surface area contributed by atoms with E-state index in [9.17, 15) is 9.18 Å². The van der Waals surface area contributed by atoms with Gasteiger partial charge in [-0.2, -0.15) is 0 Å². The highest BCUT2D eigenvalue weighted by atomic mass is 19.1. The summed E-state index contributed by atoms with van der Waals surface area (Å²) in [6.45, 7) is 2.06. The highest BCUT2D eigenvalue weighted by Crippen LogP contribution is 2.31. The van der Waals surface area contributed by atoms with E-state index in [1.54, 1.807) is 30.5 Å². The monoisotopic (exact) mass is 351 g/mol. The lowest BCUT2D eigenvalue weighted by Crippen LogP contribution is -2.50. The van der Waals surface area contributed by atoms with E-state index in [2.05, 4.69) is 27.5 Å². The number of carbonyl (C=O) groups excluding carboxylic acids is 1. The zero-order chi connectivity index (χ0) is 18.1. The molecule has 1 N–H and O–H groups in total. The average Bonchev–Trinajstić information content (AvgIpc) is 3.11. The van der Waals surface area contributed by atoms with Crippen LogP contribution in [0.1, 0.15) is 36.5 Å². The molecule has 3 aromatic rings. The number of amides is 1. The smallest absolute Gasteiger partial charge is 0.251 e. The van der Waals surface area contributed by atoms with Gasteiger partial charge in [-0.3, -0.25) is 9.78 Å². The Balaban J connectivity index is 1.59. The van der Waals surface area contributed by atoms with Crippen LogP contribution in [0.4, 0.5) is 4.39 Å². The Hall–Kier alpha value is -3.09. The lowest BCUT2D eigenvalue weighted by atomic mass is 9.78. The van der Waals surface area contributed by atoms with E-state index < -0.39 is 5.82 Å². The zero-order valence-corrected chi connectivity index (χ0v) is 14.3. The van der Waals surface area contributed by atoms with E-state index in [1.807, 2.05) is 6.07 Å². The summed E-state index contributed by atoms with van der Waals surface area (Å²) < 4.78 is 15.4. The van der Waals surface area contributed by atoms with Crippen molar-refractivity contribution in [2.45, 2.75) is 31.7 Å². The van der Waals surface area contributed by atoms with Crippen molar-refractivity contribution < 1.29 is 9.18 Å². The number of halogens is 1. The molecule has 4 rings (SSSR count). The molecular weight excluding hydrogens is 333 g/mol. The van der Waals surface area contributed by atoms with Crippen LogP contribution in [0, 0.1) is 5.82 Å². The summed E-state index contributed by atoms with van der Waals surface area (Å²) in [7, 11) is 0. The second-order valence-corrected chi connectivity index (χ2v) is 6.82. The molecule has 0 bridgehead atoms. The van der Waals surface area contributed by atoms with Gasteiger partial charge in [0.25, 0.3) is 5.91 Å². The number of hydrogen-bond donors (Lipinski definition) is 1. The van der Waals surface area contributed by atoms with E-state index in [0.717, 1.165) is 25.5 Å². The molecule has 2 aromatic heterocycles. The van der Waals surface area contributed by atoms with Crippen LogP contribution in [0.2, 0.25) is 0 Å². The van der Waals surface area contributed by atoms with Crippen molar-refractivity contribution in [1.82, 2.24) is 25.3 Å². The second-order valence-electron chi connectivity index (χ2n) is 6.82. The van der Waals surface area contributed by atoms with Gasteiger partial charge in [0.05, 0.1) is 18.1 Å². The van der Waals surface area contributed by atoms with Crippen LogP contribution >= 0.6 is 0 Å². The van der Waals surface area contributed by atoms with Gasteiger partial charge in [0.15, 0.2) is 5.82 Å². The minimum absolute atomic E-state index is 0.102. The largest absolute Gasteiger partial charge is 0.347 e. The molecule has 1 aliphatic rings. The summed E-state index contributed by atoms with van der Waals surface area (Å²) >= 11 is 0. The first kappa shape index (κ1) is 16.4. The normalized spacial score (nSPS) is 15.3. The number of carbonyl (C=O) groups is 1. The Morgan fingerprint density at radius 1 is 1.31 bits per heavy atom. The number of pyridine rings is 1. The van der Waals surface area contributed by atoms with E-state index in [1.165, 1.54) is 10.9 Å². The maximum Gasteiger partial charge on any atom is 0.251 e. The molecule has 2 heterocycles. The molecular formula is C19H18FN5O. The van der Waals surface area contributed by atoms with Crippen LogP contribution in [0.15, 0.2) is 48.9 Å². The topological polar surface area (TPSA) is 72.7 Å². The third-order valence-electron chi connectivity index (χ3n) is 4.79. The second kappa shape index (κ2) is 6.33. The molecule has 0 radical (unpaired) electrons. The molecule has 1 amide bonds. The van der Waals surface area contributed by atoms with Crippen LogP contribution in [-0.4, -0.2) is 31.4 Å². The number of rotatable bonds is 4. The first-order valence-corrected chi connectivity index (χ1v) is 8.49. The fraction of sp³-hybridized carbons (Fsp3) is 0.263. The number of nitrogens with zero attached hydrogens (tertiary/aromatic N) is 4. The van der Waals surface area contributed by atoms with Gasteiger partial charge < -0.3 is 5.32 Å². The number of nitrogens with one attached hydrogen (secondary N) is 1. The number of hydrogen-bond acceptors (Lipinski definition) is 4. The summed E-state index contributed by atoms with van der Waals surface area (Å²) in [5.41, 5.74) is 1.87. The van der Waals surface area contributed by atoms with Gasteiger partial charge in [0.2, 0.25) is 0 Å².